The Balaban J connectivity index is 1.21. The van der Waals surface area contributed by atoms with Crippen LogP contribution in [0.2, 0.25) is 0 Å². The number of cyclic esters (lactones) is 1. The number of fused-ring (bicyclic) bond motifs is 3. The maximum atomic E-state index is 12.5. The Morgan fingerprint density at radius 1 is 1.13 bits per heavy atom. The number of aliphatic hydroxyl groups excluding tert-OH is 2. The van der Waals surface area contributed by atoms with E-state index in [9.17, 15) is 24.9 Å². The average molecular weight is 533 g/mol. The van der Waals surface area contributed by atoms with E-state index in [4.69, 9.17) is 18.9 Å². The Kier molecular flexibility index (Phi) is 4.96. The van der Waals surface area contributed by atoms with Crippen LogP contribution >= 0.6 is 0 Å². The van der Waals surface area contributed by atoms with Crippen molar-refractivity contribution in [1.29, 1.82) is 0 Å². The van der Waals surface area contributed by atoms with E-state index < -0.39 is 46.9 Å². The van der Waals surface area contributed by atoms with Gasteiger partial charge in [0, 0.05) is 29.7 Å². The number of carbonyl (C=O) groups is 2. The fraction of sp³-hybridized carbons (Fsp3) is 0.862. The molecule has 7 rings (SSSR count). The van der Waals surface area contributed by atoms with Gasteiger partial charge in [-0.15, -0.1) is 0 Å². The summed E-state index contributed by atoms with van der Waals surface area (Å²) in [5.74, 6) is -3.57. The lowest BCUT2D eigenvalue weighted by molar-refractivity contribution is -0.271. The molecular formula is C29H40O9. The Morgan fingerprint density at radius 3 is 2.55 bits per heavy atom. The summed E-state index contributed by atoms with van der Waals surface area (Å²) in [5, 5.41) is 35.1. The quantitative estimate of drug-likeness (QED) is 0.467. The summed E-state index contributed by atoms with van der Waals surface area (Å²) in [5.41, 5.74) is -2.01. The molecule has 38 heavy (non-hydrogen) atoms. The van der Waals surface area contributed by atoms with Gasteiger partial charge in [-0.1, -0.05) is 13.8 Å². The molecule has 210 valence electrons. The summed E-state index contributed by atoms with van der Waals surface area (Å²) < 4.78 is 24.6. The van der Waals surface area contributed by atoms with E-state index in [1.165, 1.54) is 0 Å². The van der Waals surface area contributed by atoms with E-state index in [-0.39, 0.29) is 53.5 Å². The van der Waals surface area contributed by atoms with Crippen molar-refractivity contribution in [1.82, 2.24) is 0 Å². The third-order valence-corrected chi connectivity index (χ3v) is 11.9. The molecule has 5 heterocycles. The Bertz CT molecular complexity index is 1130. The number of ether oxygens (including phenoxy) is 4. The highest BCUT2D eigenvalue weighted by atomic mass is 16.7. The standard InChI is InChI=1S/C29H40O9/c1-13-10-16(35-24(13)33)21(31)14(2)20-22-26(20,5)8-9-27-12-28-17(7-6-15(27)23(32)29(22,34)38-27)25(3,4)36-18(28)11-19(30)37-28/h10,14-18,20-23,31-32,34H,6-9,11-12H2,1-5H3. The largest absolute Gasteiger partial charge is 0.456 e. The normalized spacial score (nSPS) is 55.4. The van der Waals surface area contributed by atoms with Crippen LogP contribution in [0, 0.1) is 35.0 Å². The number of rotatable bonds is 3. The molecule has 6 fully saturated rings. The molecule has 3 N–H and O–H groups in total. The number of hydrogen-bond acceptors (Lipinski definition) is 9. The van der Waals surface area contributed by atoms with Gasteiger partial charge < -0.3 is 34.3 Å². The van der Waals surface area contributed by atoms with Crippen LogP contribution < -0.4 is 0 Å². The van der Waals surface area contributed by atoms with Gasteiger partial charge in [-0.2, -0.15) is 0 Å². The molecule has 13 atom stereocenters. The zero-order chi connectivity index (χ0) is 27.2. The molecule has 5 aliphatic heterocycles. The lowest BCUT2D eigenvalue weighted by Crippen LogP contribution is -2.51. The summed E-state index contributed by atoms with van der Waals surface area (Å²) in [4.78, 5) is 24.4. The second-order valence-corrected chi connectivity index (χ2v) is 14.2. The molecule has 0 aromatic carbocycles. The van der Waals surface area contributed by atoms with Gasteiger partial charge in [0.1, 0.15) is 23.9 Å². The fourth-order valence-corrected chi connectivity index (χ4v) is 10.3. The first-order valence-electron chi connectivity index (χ1n) is 14.3. The monoisotopic (exact) mass is 532 g/mol. The van der Waals surface area contributed by atoms with Crippen LogP contribution in [-0.2, 0) is 28.5 Å². The molecule has 0 aromatic rings. The van der Waals surface area contributed by atoms with Crippen molar-refractivity contribution in [2.45, 2.75) is 120 Å². The molecule has 13 unspecified atom stereocenters. The van der Waals surface area contributed by atoms with Gasteiger partial charge in [0.2, 0.25) is 0 Å². The van der Waals surface area contributed by atoms with Gasteiger partial charge in [-0.3, -0.25) is 4.79 Å². The van der Waals surface area contributed by atoms with Crippen LogP contribution in [-0.4, -0.2) is 74.3 Å². The minimum absolute atomic E-state index is 0.0164. The second kappa shape index (κ2) is 7.40. The first-order valence-corrected chi connectivity index (χ1v) is 14.3. The van der Waals surface area contributed by atoms with Crippen LogP contribution in [0.5, 0.6) is 0 Å². The first kappa shape index (κ1) is 25.4. The van der Waals surface area contributed by atoms with Crippen LogP contribution in [0.15, 0.2) is 11.6 Å². The average Bonchev–Trinajstić information content (AvgIpc) is 3.02. The molecule has 2 saturated carbocycles. The Labute approximate surface area is 222 Å². The van der Waals surface area contributed by atoms with E-state index in [1.807, 2.05) is 6.92 Å². The van der Waals surface area contributed by atoms with Crippen molar-refractivity contribution in [2.24, 2.45) is 35.0 Å². The summed E-state index contributed by atoms with van der Waals surface area (Å²) >= 11 is 0. The van der Waals surface area contributed by atoms with E-state index in [0.29, 0.717) is 31.3 Å². The summed E-state index contributed by atoms with van der Waals surface area (Å²) in [6.45, 7) is 9.80. The van der Waals surface area contributed by atoms with Gasteiger partial charge in [0.25, 0.3) is 0 Å². The van der Waals surface area contributed by atoms with Crippen molar-refractivity contribution in [3.8, 4) is 0 Å². The Morgan fingerprint density at radius 2 is 1.87 bits per heavy atom. The third kappa shape index (κ3) is 2.95. The molecule has 9 heteroatoms. The maximum absolute atomic E-state index is 12.5. The van der Waals surface area contributed by atoms with Crippen molar-refractivity contribution in [3.63, 3.8) is 0 Å². The van der Waals surface area contributed by atoms with Crippen LogP contribution in [0.25, 0.3) is 0 Å². The van der Waals surface area contributed by atoms with Gasteiger partial charge in [0.15, 0.2) is 5.79 Å². The predicted molar refractivity (Wildman–Crippen MR) is 131 cm³/mol. The minimum atomic E-state index is -1.77. The van der Waals surface area contributed by atoms with Crippen LogP contribution in [0.4, 0.5) is 0 Å². The van der Waals surface area contributed by atoms with Crippen molar-refractivity contribution in [3.05, 3.63) is 11.6 Å². The molecule has 0 radical (unpaired) electrons. The van der Waals surface area contributed by atoms with Gasteiger partial charge in [-0.05, 0) is 69.8 Å². The van der Waals surface area contributed by atoms with Gasteiger partial charge >= 0.3 is 11.9 Å². The highest BCUT2D eigenvalue weighted by molar-refractivity contribution is 5.90. The number of hydrogen-bond donors (Lipinski definition) is 3. The number of aliphatic hydroxyl groups is 3. The molecule has 9 nitrogen and oxygen atoms in total. The Hall–Kier alpha value is -1.52. The van der Waals surface area contributed by atoms with Gasteiger partial charge in [-0.25, -0.2) is 4.79 Å². The number of esters is 2. The summed E-state index contributed by atoms with van der Waals surface area (Å²) in [6, 6.07) is 0. The topological polar surface area (TPSA) is 132 Å². The SMILES string of the molecule is CC1=CC(C(O)C(C)C2C3C2(C)CCC24CC56OC(=O)CC5OC(C)(C)C6CCC2C(O)C3(O)O4)OC1=O. The summed E-state index contributed by atoms with van der Waals surface area (Å²) in [7, 11) is 0. The second-order valence-electron chi connectivity index (χ2n) is 14.2. The highest BCUT2D eigenvalue weighted by Crippen LogP contribution is 2.76. The van der Waals surface area contributed by atoms with E-state index in [1.54, 1.807) is 13.0 Å². The predicted octanol–water partition coefficient (Wildman–Crippen LogP) is 2.00. The lowest BCUT2D eigenvalue weighted by atomic mass is 9.69. The maximum Gasteiger partial charge on any atom is 0.334 e. The first-order chi connectivity index (χ1) is 17.7. The molecule has 0 amide bonds. The molecule has 2 bridgehead atoms. The third-order valence-electron chi connectivity index (χ3n) is 11.9. The molecule has 0 aromatic heterocycles. The van der Waals surface area contributed by atoms with Crippen molar-refractivity contribution >= 4 is 11.9 Å². The molecular weight excluding hydrogens is 492 g/mol. The van der Waals surface area contributed by atoms with Crippen molar-refractivity contribution < 1.29 is 43.9 Å². The van der Waals surface area contributed by atoms with Crippen LogP contribution in [0.1, 0.15) is 73.1 Å². The zero-order valence-corrected chi connectivity index (χ0v) is 22.8. The lowest BCUT2D eigenvalue weighted by Gasteiger charge is -2.41. The van der Waals surface area contributed by atoms with E-state index in [0.717, 1.165) is 6.42 Å². The molecule has 4 saturated heterocycles. The van der Waals surface area contributed by atoms with E-state index in [2.05, 4.69) is 20.8 Å². The molecule has 2 aliphatic carbocycles. The highest BCUT2D eigenvalue weighted by Gasteiger charge is 2.82. The fourth-order valence-electron chi connectivity index (χ4n) is 10.3. The summed E-state index contributed by atoms with van der Waals surface area (Å²) in [6.07, 6.45) is 1.88. The van der Waals surface area contributed by atoms with Crippen LogP contribution in [0.3, 0.4) is 0 Å². The van der Waals surface area contributed by atoms with Gasteiger partial charge in [0.05, 0.1) is 23.7 Å². The molecule has 7 aliphatic rings. The van der Waals surface area contributed by atoms with Crippen molar-refractivity contribution in [2.75, 3.05) is 0 Å². The van der Waals surface area contributed by atoms with E-state index >= 15 is 0 Å². The number of carbonyl (C=O) groups excluding carboxylic acids is 2. The smallest absolute Gasteiger partial charge is 0.334 e. The zero-order valence-electron chi connectivity index (χ0n) is 22.8. The molecule has 2 spiro atoms. The minimum Gasteiger partial charge on any atom is -0.456 e.